The first-order valence-electron chi connectivity index (χ1n) is 10.9. The number of benzene rings is 2. The van der Waals surface area contributed by atoms with Crippen molar-refractivity contribution in [1.29, 1.82) is 0 Å². The van der Waals surface area contributed by atoms with Crippen molar-refractivity contribution >= 4 is 27.5 Å². The number of rotatable bonds is 11. The fraction of sp³-hybridized carbons (Fsp3) is 0.417. The van der Waals surface area contributed by atoms with E-state index in [2.05, 4.69) is 5.32 Å². The molecular formula is C24H33N3O5S. The molecule has 0 saturated carbocycles. The molecule has 0 heterocycles. The standard InChI is InChI=1S/C24H33N3O5S/c1-6-22(24(29)25-4)26(16-19-11-9-8-10-18(19)3)23(28)17-27(33(5,30)31)20-12-14-21(15-13-20)32-7-2/h8-15,22H,6-7,16-17H2,1-5H3,(H,25,29). The number of ether oxygens (including phenoxy) is 1. The van der Waals surface area contributed by atoms with E-state index >= 15 is 0 Å². The van der Waals surface area contributed by atoms with Gasteiger partial charge in [-0.3, -0.25) is 13.9 Å². The van der Waals surface area contributed by atoms with Gasteiger partial charge in [0.1, 0.15) is 18.3 Å². The Balaban J connectivity index is 2.41. The smallest absolute Gasteiger partial charge is 0.244 e. The van der Waals surface area contributed by atoms with Gasteiger partial charge in [-0.2, -0.15) is 0 Å². The summed E-state index contributed by atoms with van der Waals surface area (Å²) in [6.45, 7) is 5.86. The van der Waals surface area contributed by atoms with Crippen molar-refractivity contribution in [2.24, 2.45) is 0 Å². The molecule has 0 saturated heterocycles. The van der Waals surface area contributed by atoms with Crippen molar-refractivity contribution in [1.82, 2.24) is 10.2 Å². The molecule has 0 spiro atoms. The minimum Gasteiger partial charge on any atom is -0.494 e. The molecule has 1 unspecified atom stereocenters. The molecule has 2 aromatic carbocycles. The largest absolute Gasteiger partial charge is 0.494 e. The molecule has 0 aliphatic heterocycles. The van der Waals surface area contributed by atoms with Crippen LogP contribution in [0.2, 0.25) is 0 Å². The lowest BCUT2D eigenvalue weighted by Crippen LogP contribution is -2.51. The molecule has 2 amide bonds. The van der Waals surface area contributed by atoms with Gasteiger partial charge in [0, 0.05) is 13.6 Å². The van der Waals surface area contributed by atoms with Crippen LogP contribution in [0.25, 0.3) is 0 Å². The fourth-order valence-electron chi connectivity index (χ4n) is 3.55. The number of hydrogen-bond acceptors (Lipinski definition) is 5. The zero-order chi connectivity index (χ0) is 24.6. The molecule has 0 bridgehead atoms. The van der Waals surface area contributed by atoms with Crippen LogP contribution >= 0.6 is 0 Å². The monoisotopic (exact) mass is 475 g/mol. The van der Waals surface area contributed by atoms with E-state index in [4.69, 9.17) is 4.74 Å². The Labute approximate surface area is 196 Å². The first-order chi connectivity index (χ1) is 15.6. The molecular weight excluding hydrogens is 442 g/mol. The molecule has 0 fully saturated rings. The first-order valence-corrected chi connectivity index (χ1v) is 12.7. The number of sulfonamides is 1. The highest BCUT2D eigenvalue weighted by molar-refractivity contribution is 7.92. The lowest BCUT2D eigenvalue weighted by molar-refractivity contribution is -0.140. The highest BCUT2D eigenvalue weighted by Gasteiger charge is 2.31. The number of carbonyl (C=O) groups excluding carboxylic acids is 2. The second-order valence-corrected chi connectivity index (χ2v) is 9.59. The SMILES string of the molecule is CCOc1ccc(N(CC(=O)N(Cc2ccccc2C)C(CC)C(=O)NC)S(C)(=O)=O)cc1. The molecule has 0 aliphatic rings. The molecule has 0 aromatic heterocycles. The molecule has 2 rings (SSSR count). The van der Waals surface area contributed by atoms with Crippen molar-refractivity contribution in [2.75, 3.05) is 30.8 Å². The number of hydrogen-bond donors (Lipinski definition) is 1. The van der Waals surface area contributed by atoms with Crippen molar-refractivity contribution in [3.05, 3.63) is 59.7 Å². The Hall–Kier alpha value is -3.07. The number of nitrogens with one attached hydrogen (secondary N) is 1. The maximum absolute atomic E-state index is 13.5. The van der Waals surface area contributed by atoms with Crippen LogP contribution in [0.4, 0.5) is 5.69 Å². The normalized spacial score (nSPS) is 12.0. The van der Waals surface area contributed by atoms with E-state index in [0.29, 0.717) is 24.5 Å². The number of likely N-dealkylation sites (N-methyl/N-ethyl adjacent to an activating group) is 1. The maximum atomic E-state index is 13.5. The van der Waals surface area contributed by atoms with Crippen LogP contribution in [0.1, 0.15) is 31.4 Å². The second kappa shape index (κ2) is 11.7. The summed E-state index contributed by atoms with van der Waals surface area (Å²) in [5.41, 5.74) is 2.21. The average Bonchev–Trinajstić information content (AvgIpc) is 2.78. The molecule has 9 heteroatoms. The summed E-state index contributed by atoms with van der Waals surface area (Å²) in [7, 11) is -2.25. The number of carbonyl (C=O) groups is 2. The third kappa shape index (κ3) is 6.95. The summed E-state index contributed by atoms with van der Waals surface area (Å²) < 4.78 is 31.6. The zero-order valence-corrected chi connectivity index (χ0v) is 20.7. The van der Waals surface area contributed by atoms with Gasteiger partial charge in [-0.15, -0.1) is 0 Å². The highest BCUT2D eigenvalue weighted by atomic mass is 32.2. The van der Waals surface area contributed by atoms with Gasteiger partial charge >= 0.3 is 0 Å². The number of nitrogens with zero attached hydrogens (tertiary/aromatic N) is 2. The summed E-state index contributed by atoms with van der Waals surface area (Å²) in [6, 6.07) is 13.4. The molecule has 1 atom stereocenters. The maximum Gasteiger partial charge on any atom is 0.244 e. The molecule has 1 N–H and O–H groups in total. The van der Waals surface area contributed by atoms with Crippen LogP contribution in [0, 0.1) is 6.92 Å². The Morgan fingerprint density at radius 1 is 1.06 bits per heavy atom. The van der Waals surface area contributed by atoms with Crippen LogP contribution < -0.4 is 14.4 Å². The van der Waals surface area contributed by atoms with E-state index in [0.717, 1.165) is 21.7 Å². The topological polar surface area (TPSA) is 96.0 Å². The van der Waals surface area contributed by atoms with Crippen LogP contribution in [-0.4, -0.2) is 57.6 Å². The number of aryl methyl sites for hydroxylation is 1. The van der Waals surface area contributed by atoms with Gasteiger partial charge in [0.15, 0.2) is 0 Å². The van der Waals surface area contributed by atoms with Crippen molar-refractivity contribution in [3.8, 4) is 5.75 Å². The molecule has 180 valence electrons. The van der Waals surface area contributed by atoms with Gasteiger partial charge in [0.05, 0.1) is 18.6 Å². The van der Waals surface area contributed by atoms with E-state index < -0.39 is 28.5 Å². The molecule has 2 aromatic rings. The van der Waals surface area contributed by atoms with E-state index in [-0.39, 0.29) is 12.5 Å². The van der Waals surface area contributed by atoms with Crippen molar-refractivity contribution in [2.45, 2.75) is 39.8 Å². The van der Waals surface area contributed by atoms with Crippen molar-refractivity contribution in [3.63, 3.8) is 0 Å². The summed E-state index contributed by atoms with van der Waals surface area (Å²) in [6.07, 6.45) is 1.44. The predicted octanol–water partition coefficient (Wildman–Crippen LogP) is 2.71. The fourth-order valence-corrected chi connectivity index (χ4v) is 4.40. The number of amides is 2. The van der Waals surface area contributed by atoms with Crippen LogP contribution in [-0.2, 0) is 26.2 Å². The molecule has 8 nitrogen and oxygen atoms in total. The number of anilines is 1. The minimum absolute atomic E-state index is 0.193. The van der Waals surface area contributed by atoms with Crippen LogP contribution in [0.15, 0.2) is 48.5 Å². The van der Waals surface area contributed by atoms with Gasteiger partial charge in [0.25, 0.3) is 0 Å². The van der Waals surface area contributed by atoms with Gasteiger partial charge in [-0.25, -0.2) is 8.42 Å². The summed E-state index contributed by atoms with van der Waals surface area (Å²) in [5.74, 6) is -0.160. The van der Waals surface area contributed by atoms with E-state index in [9.17, 15) is 18.0 Å². The Morgan fingerprint density at radius 2 is 1.70 bits per heavy atom. The Morgan fingerprint density at radius 3 is 2.21 bits per heavy atom. The average molecular weight is 476 g/mol. The Kier molecular flexibility index (Phi) is 9.28. The first kappa shape index (κ1) is 26.2. The van der Waals surface area contributed by atoms with Crippen LogP contribution in [0.5, 0.6) is 5.75 Å². The Bertz CT molecular complexity index is 1050. The zero-order valence-electron chi connectivity index (χ0n) is 19.9. The third-order valence-electron chi connectivity index (χ3n) is 5.35. The lowest BCUT2D eigenvalue weighted by Gasteiger charge is -2.33. The molecule has 0 aliphatic carbocycles. The minimum atomic E-state index is -3.77. The highest BCUT2D eigenvalue weighted by Crippen LogP contribution is 2.23. The van der Waals surface area contributed by atoms with E-state index in [1.807, 2.05) is 45.0 Å². The predicted molar refractivity (Wildman–Crippen MR) is 130 cm³/mol. The molecule has 33 heavy (non-hydrogen) atoms. The second-order valence-electron chi connectivity index (χ2n) is 7.68. The summed E-state index contributed by atoms with van der Waals surface area (Å²) in [5, 5.41) is 2.61. The van der Waals surface area contributed by atoms with Gasteiger partial charge < -0.3 is 15.0 Å². The summed E-state index contributed by atoms with van der Waals surface area (Å²) >= 11 is 0. The lowest BCUT2D eigenvalue weighted by atomic mass is 10.1. The summed E-state index contributed by atoms with van der Waals surface area (Å²) in [4.78, 5) is 27.5. The third-order valence-corrected chi connectivity index (χ3v) is 6.49. The van der Waals surface area contributed by atoms with Gasteiger partial charge in [-0.1, -0.05) is 31.2 Å². The quantitative estimate of drug-likeness (QED) is 0.539. The van der Waals surface area contributed by atoms with Crippen molar-refractivity contribution < 1.29 is 22.7 Å². The van der Waals surface area contributed by atoms with E-state index in [1.165, 1.54) is 11.9 Å². The van der Waals surface area contributed by atoms with Gasteiger partial charge in [-0.05, 0) is 55.7 Å². The van der Waals surface area contributed by atoms with Crippen LogP contribution in [0.3, 0.4) is 0 Å². The van der Waals surface area contributed by atoms with E-state index in [1.54, 1.807) is 24.3 Å². The molecule has 0 radical (unpaired) electrons. The van der Waals surface area contributed by atoms with Gasteiger partial charge in [0.2, 0.25) is 21.8 Å².